The number of hydrogen-bond donors (Lipinski definition) is 0. The van der Waals surface area contributed by atoms with Gasteiger partial charge in [-0.2, -0.15) is 0 Å². The zero-order chi connectivity index (χ0) is 30.5. The van der Waals surface area contributed by atoms with Gasteiger partial charge in [0.2, 0.25) is 0 Å². The van der Waals surface area contributed by atoms with Crippen LogP contribution in [0.4, 0.5) is 0 Å². The van der Waals surface area contributed by atoms with Crippen LogP contribution in [0.3, 0.4) is 0 Å². The molecule has 214 valence electrons. The number of benzene rings is 4. The summed E-state index contributed by atoms with van der Waals surface area (Å²) in [7, 11) is 0. The fraction of sp³-hybridized carbons (Fsp3) is 0. The summed E-state index contributed by atoms with van der Waals surface area (Å²) in [5.41, 5.74) is 12.2. The third-order valence-electron chi connectivity index (χ3n) is 8.63. The van der Waals surface area contributed by atoms with Crippen LogP contribution in [0.25, 0.3) is 88.4 Å². The van der Waals surface area contributed by atoms with E-state index in [1.807, 2.05) is 48.9 Å². The molecule has 9 rings (SSSR count). The van der Waals surface area contributed by atoms with Gasteiger partial charge in [0.25, 0.3) is 0 Å². The number of pyridine rings is 5. The van der Waals surface area contributed by atoms with Crippen molar-refractivity contribution in [2.75, 3.05) is 0 Å². The van der Waals surface area contributed by atoms with Crippen LogP contribution >= 0.6 is 0 Å². The van der Waals surface area contributed by atoms with E-state index in [4.69, 9.17) is 9.97 Å². The normalized spacial score (nSPS) is 11.5. The molecule has 0 spiro atoms. The van der Waals surface area contributed by atoms with E-state index in [0.717, 1.165) is 88.4 Å². The first-order valence-corrected chi connectivity index (χ1v) is 15.2. The van der Waals surface area contributed by atoms with Crippen LogP contribution < -0.4 is 0 Å². The van der Waals surface area contributed by atoms with Crippen molar-refractivity contribution in [1.82, 2.24) is 24.9 Å². The molecule has 46 heavy (non-hydrogen) atoms. The van der Waals surface area contributed by atoms with E-state index in [2.05, 4.69) is 112 Å². The summed E-state index contributed by atoms with van der Waals surface area (Å²) in [4.78, 5) is 23.6. The Morgan fingerprint density at radius 3 is 1.67 bits per heavy atom. The quantitative estimate of drug-likeness (QED) is 0.192. The van der Waals surface area contributed by atoms with E-state index < -0.39 is 0 Å². The average molecular weight is 588 g/mol. The van der Waals surface area contributed by atoms with Gasteiger partial charge in [-0.1, -0.05) is 72.8 Å². The highest BCUT2D eigenvalue weighted by molar-refractivity contribution is 6.10. The molecular formula is C41H25N5. The minimum Gasteiger partial charge on any atom is -0.264 e. The van der Waals surface area contributed by atoms with Gasteiger partial charge in [-0.25, -0.2) is 9.97 Å². The summed E-state index contributed by atoms with van der Waals surface area (Å²) in [6, 6.07) is 44.3. The lowest BCUT2D eigenvalue weighted by molar-refractivity contribution is 1.30. The number of aromatic nitrogens is 5. The summed E-state index contributed by atoms with van der Waals surface area (Å²) in [6.07, 6.45) is 7.28. The van der Waals surface area contributed by atoms with Gasteiger partial charge >= 0.3 is 0 Å². The molecule has 0 unspecified atom stereocenters. The van der Waals surface area contributed by atoms with E-state index >= 15 is 0 Å². The Labute approximate surface area is 264 Å². The number of nitrogens with zero attached hydrogens (tertiary/aromatic N) is 5. The molecule has 0 atom stereocenters. The molecule has 0 fully saturated rings. The molecule has 5 heterocycles. The predicted molar refractivity (Wildman–Crippen MR) is 187 cm³/mol. The van der Waals surface area contributed by atoms with Gasteiger partial charge in [-0.05, 0) is 76.9 Å². The van der Waals surface area contributed by atoms with Crippen molar-refractivity contribution in [3.63, 3.8) is 0 Å². The molecule has 0 radical (unpaired) electrons. The second-order valence-electron chi connectivity index (χ2n) is 11.4. The largest absolute Gasteiger partial charge is 0.264 e. The topological polar surface area (TPSA) is 64.5 Å². The Balaban J connectivity index is 1.07. The lowest BCUT2D eigenvalue weighted by Crippen LogP contribution is -1.90. The van der Waals surface area contributed by atoms with Crippen molar-refractivity contribution in [3.8, 4) is 44.8 Å². The molecule has 0 saturated carbocycles. The molecule has 4 aromatic carbocycles. The predicted octanol–water partition coefficient (Wildman–Crippen LogP) is 9.94. The Morgan fingerprint density at radius 1 is 0.391 bits per heavy atom. The molecule has 0 amide bonds. The molecule has 5 nitrogen and oxygen atoms in total. The standard InChI is InChI=1S/C41H25N5/c1-5-33(25-42-19-1)37-18-16-29-12-14-31(24-39(29)46-37)30-13-11-28-15-17-36(45-38(28)23-30)27-9-7-26(8-10-27)35-22-32-4-2-20-43-40(32)41-34(35)6-3-21-44-41/h1-25H. The second kappa shape index (κ2) is 10.7. The Hall–Kier alpha value is -6.33. The van der Waals surface area contributed by atoms with Crippen LogP contribution in [-0.4, -0.2) is 24.9 Å². The average Bonchev–Trinajstić information content (AvgIpc) is 3.14. The lowest BCUT2D eigenvalue weighted by atomic mass is 9.96. The molecule has 0 N–H and O–H groups in total. The van der Waals surface area contributed by atoms with Gasteiger partial charge in [-0.3, -0.25) is 15.0 Å². The van der Waals surface area contributed by atoms with Crippen LogP contribution in [-0.2, 0) is 0 Å². The fourth-order valence-corrected chi connectivity index (χ4v) is 6.27. The van der Waals surface area contributed by atoms with Crippen molar-refractivity contribution < 1.29 is 0 Å². The van der Waals surface area contributed by atoms with Crippen molar-refractivity contribution >= 4 is 43.6 Å². The summed E-state index contributed by atoms with van der Waals surface area (Å²) < 4.78 is 0. The first-order chi connectivity index (χ1) is 22.8. The molecule has 0 aliphatic carbocycles. The Kier molecular flexibility index (Phi) is 6.06. The zero-order valence-corrected chi connectivity index (χ0v) is 24.7. The van der Waals surface area contributed by atoms with E-state index in [-0.39, 0.29) is 0 Å². The molecule has 0 saturated heterocycles. The van der Waals surface area contributed by atoms with E-state index in [1.54, 1.807) is 6.20 Å². The maximum absolute atomic E-state index is 5.10. The third-order valence-corrected chi connectivity index (χ3v) is 8.63. The molecular weight excluding hydrogens is 562 g/mol. The molecule has 0 bridgehead atoms. The fourth-order valence-electron chi connectivity index (χ4n) is 6.27. The van der Waals surface area contributed by atoms with E-state index in [0.29, 0.717) is 0 Å². The van der Waals surface area contributed by atoms with E-state index in [9.17, 15) is 0 Å². The first kappa shape index (κ1) is 26.1. The van der Waals surface area contributed by atoms with Crippen LogP contribution in [0.2, 0.25) is 0 Å². The highest BCUT2D eigenvalue weighted by atomic mass is 14.7. The van der Waals surface area contributed by atoms with Gasteiger partial charge in [0.05, 0.1) is 33.5 Å². The molecule has 9 aromatic rings. The first-order valence-electron chi connectivity index (χ1n) is 15.2. The maximum atomic E-state index is 5.10. The van der Waals surface area contributed by atoms with Crippen molar-refractivity contribution in [1.29, 1.82) is 0 Å². The Bertz CT molecular complexity index is 2580. The van der Waals surface area contributed by atoms with Gasteiger partial charge < -0.3 is 0 Å². The van der Waals surface area contributed by atoms with Crippen molar-refractivity contribution in [2.24, 2.45) is 0 Å². The molecule has 0 aliphatic heterocycles. The monoisotopic (exact) mass is 587 g/mol. The third kappa shape index (κ3) is 4.54. The SMILES string of the molecule is c1cncc(-c2ccc3ccc(-c4ccc5ccc(-c6ccc(-c7cc8cccnc8c8ncccc78)cc6)nc5c4)cc3n2)c1. The Morgan fingerprint density at radius 2 is 0.978 bits per heavy atom. The van der Waals surface area contributed by atoms with Crippen molar-refractivity contribution in [2.45, 2.75) is 0 Å². The minimum atomic E-state index is 0.913. The smallest absolute Gasteiger partial charge is 0.0970 e. The number of rotatable bonds is 4. The van der Waals surface area contributed by atoms with E-state index in [1.165, 1.54) is 0 Å². The van der Waals surface area contributed by atoms with Gasteiger partial charge in [-0.15, -0.1) is 0 Å². The number of hydrogen-bond acceptors (Lipinski definition) is 5. The molecule has 0 aliphatic rings. The second-order valence-corrected chi connectivity index (χ2v) is 11.4. The van der Waals surface area contributed by atoms with Crippen LogP contribution in [0.15, 0.2) is 152 Å². The summed E-state index contributed by atoms with van der Waals surface area (Å²) in [5, 5.41) is 4.38. The minimum absolute atomic E-state index is 0.913. The zero-order valence-electron chi connectivity index (χ0n) is 24.7. The summed E-state index contributed by atoms with van der Waals surface area (Å²) in [5.74, 6) is 0. The van der Waals surface area contributed by atoms with Gasteiger partial charge in [0.1, 0.15) is 0 Å². The highest BCUT2D eigenvalue weighted by Crippen LogP contribution is 2.34. The molecule has 5 aromatic heterocycles. The van der Waals surface area contributed by atoms with Gasteiger partial charge in [0.15, 0.2) is 0 Å². The van der Waals surface area contributed by atoms with Crippen LogP contribution in [0.5, 0.6) is 0 Å². The maximum Gasteiger partial charge on any atom is 0.0970 e. The van der Waals surface area contributed by atoms with Crippen molar-refractivity contribution in [3.05, 3.63) is 152 Å². The lowest BCUT2D eigenvalue weighted by Gasteiger charge is -2.11. The van der Waals surface area contributed by atoms with Gasteiger partial charge in [0, 0.05) is 57.5 Å². The van der Waals surface area contributed by atoms with Crippen LogP contribution in [0, 0.1) is 0 Å². The summed E-state index contributed by atoms with van der Waals surface area (Å²) >= 11 is 0. The van der Waals surface area contributed by atoms with Crippen LogP contribution in [0.1, 0.15) is 0 Å². The molecule has 5 heteroatoms. The highest BCUT2D eigenvalue weighted by Gasteiger charge is 2.12. The summed E-state index contributed by atoms with van der Waals surface area (Å²) in [6.45, 7) is 0. The number of fused-ring (bicyclic) bond motifs is 5.